The summed E-state index contributed by atoms with van der Waals surface area (Å²) in [5.41, 5.74) is 13.7. The summed E-state index contributed by atoms with van der Waals surface area (Å²) in [5, 5.41) is 5.75. The molecule has 0 N–H and O–H groups in total. The average Bonchev–Trinajstić information content (AvgIpc) is 3.67. The molecule has 0 radical (unpaired) electrons. The molecule has 11 rings (SSSR count). The Morgan fingerprint density at radius 3 is 2.06 bits per heavy atom. The highest BCUT2D eigenvalue weighted by molar-refractivity contribution is 8.00. The molecule has 1 aromatic heterocycles. The number of fused-ring (bicyclic) bond motifs is 6. The van der Waals surface area contributed by atoms with Crippen molar-refractivity contribution < 1.29 is 0 Å². The standard InChI is InChI=1S/C46H30N2S/c1-2-12-30(13-3-1)47(33-24-26-43-39(28-33)36-18-6-7-22-42(36)49-43)31-14-9-15-32(27-31)48-40-21-10-20-38-35-17-5-4-16-34(35)37-19-8-11-29-23-25-41(48)46(44(29)37)45(38)40/h1-28,36,42H. The first kappa shape index (κ1) is 27.2. The molecule has 0 amide bonds. The van der Waals surface area contributed by atoms with E-state index in [0.717, 1.165) is 17.1 Å². The van der Waals surface area contributed by atoms with E-state index in [0.29, 0.717) is 11.2 Å². The normalized spacial score (nSPS) is 16.7. The smallest absolute Gasteiger partial charge is 0.0548 e. The Kier molecular flexibility index (Phi) is 5.75. The Balaban J connectivity index is 1.15. The Morgan fingerprint density at radius 2 is 1.18 bits per heavy atom. The lowest BCUT2D eigenvalue weighted by molar-refractivity contribution is 0.880. The molecule has 7 aromatic carbocycles. The van der Waals surface area contributed by atoms with Crippen molar-refractivity contribution in [3.8, 4) is 27.9 Å². The zero-order chi connectivity index (χ0) is 32.1. The molecule has 2 atom stereocenters. The van der Waals surface area contributed by atoms with Crippen LogP contribution >= 0.6 is 11.8 Å². The van der Waals surface area contributed by atoms with Crippen LogP contribution < -0.4 is 4.90 Å². The number of para-hydroxylation sites is 1. The van der Waals surface area contributed by atoms with Gasteiger partial charge in [0.2, 0.25) is 0 Å². The summed E-state index contributed by atoms with van der Waals surface area (Å²) in [6, 6.07) is 54.0. The fourth-order valence-electron chi connectivity index (χ4n) is 8.57. The number of allylic oxidation sites excluding steroid dienone is 3. The minimum absolute atomic E-state index is 0.407. The van der Waals surface area contributed by atoms with Crippen molar-refractivity contribution in [2.75, 3.05) is 4.90 Å². The van der Waals surface area contributed by atoms with Crippen LogP contribution in [0.25, 0.3) is 60.5 Å². The summed E-state index contributed by atoms with van der Waals surface area (Å²) in [5.74, 6) is 0.407. The van der Waals surface area contributed by atoms with Crippen LogP contribution in [0.3, 0.4) is 0 Å². The second kappa shape index (κ2) is 10.4. The highest BCUT2D eigenvalue weighted by atomic mass is 32.2. The third kappa shape index (κ3) is 3.91. The molecule has 2 nitrogen and oxygen atoms in total. The molecular weight excluding hydrogens is 613 g/mol. The van der Waals surface area contributed by atoms with Gasteiger partial charge in [0.25, 0.3) is 0 Å². The number of rotatable bonds is 4. The molecule has 49 heavy (non-hydrogen) atoms. The second-order valence-corrected chi connectivity index (χ2v) is 14.5. The molecule has 1 aliphatic heterocycles. The van der Waals surface area contributed by atoms with Gasteiger partial charge in [-0.15, -0.1) is 11.8 Å². The number of hydrogen-bond acceptors (Lipinski definition) is 2. The Labute approximate surface area is 289 Å². The van der Waals surface area contributed by atoms with E-state index in [2.05, 4.69) is 179 Å². The fourth-order valence-corrected chi connectivity index (χ4v) is 9.90. The number of hydrogen-bond donors (Lipinski definition) is 0. The van der Waals surface area contributed by atoms with Crippen LogP contribution in [0.2, 0.25) is 0 Å². The number of benzene rings is 7. The molecule has 2 aliphatic carbocycles. The predicted molar refractivity (Wildman–Crippen MR) is 208 cm³/mol. The van der Waals surface area contributed by atoms with Gasteiger partial charge in [0.05, 0.1) is 11.0 Å². The molecule has 0 fully saturated rings. The second-order valence-electron chi connectivity index (χ2n) is 13.2. The Bertz CT molecular complexity index is 2720. The van der Waals surface area contributed by atoms with Crippen LogP contribution in [0, 0.1) is 0 Å². The maximum atomic E-state index is 2.48. The molecule has 2 unspecified atom stereocenters. The van der Waals surface area contributed by atoms with Gasteiger partial charge in [0.1, 0.15) is 0 Å². The van der Waals surface area contributed by atoms with Crippen LogP contribution in [-0.4, -0.2) is 9.82 Å². The van der Waals surface area contributed by atoms with E-state index in [1.54, 1.807) is 0 Å². The SMILES string of the molecule is C1=CC2Sc3ccc(N(c4ccccc4)c4cccc(-n5c6cccc7c6c6c8c(cccc8ccc65)-c5ccccc5-7)c4)cc3C2C=C1. The van der Waals surface area contributed by atoms with Crippen molar-refractivity contribution >= 4 is 61.4 Å². The van der Waals surface area contributed by atoms with E-state index in [4.69, 9.17) is 0 Å². The van der Waals surface area contributed by atoms with E-state index >= 15 is 0 Å². The summed E-state index contributed by atoms with van der Waals surface area (Å²) in [6.45, 7) is 0. The Hall–Kier alpha value is -5.77. The van der Waals surface area contributed by atoms with Crippen molar-refractivity contribution in [1.29, 1.82) is 0 Å². The van der Waals surface area contributed by atoms with Gasteiger partial charge in [-0.2, -0.15) is 0 Å². The largest absolute Gasteiger partial charge is 0.310 e. The van der Waals surface area contributed by atoms with Crippen molar-refractivity contribution in [2.24, 2.45) is 0 Å². The van der Waals surface area contributed by atoms with E-state index in [9.17, 15) is 0 Å². The van der Waals surface area contributed by atoms with Gasteiger partial charge in [-0.05, 0) is 99.3 Å². The fraction of sp³-hybridized carbons (Fsp3) is 0.0435. The molecule has 0 bridgehead atoms. The third-order valence-electron chi connectivity index (χ3n) is 10.6. The molecular formula is C46H30N2S. The summed E-state index contributed by atoms with van der Waals surface area (Å²) >= 11 is 1.98. The van der Waals surface area contributed by atoms with Crippen molar-refractivity contribution in [3.05, 3.63) is 175 Å². The number of thioether (sulfide) groups is 1. The molecule has 3 heteroatoms. The zero-order valence-corrected chi connectivity index (χ0v) is 27.4. The zero-order valence-electron chi connectivity index (χ0n) is 26.6. The lowest BCUT2D eigenvalue weighted by Gasteiger charge is -2.27. The van der Waals surface area contributed by atoms with Crippen LogP contribution in [0.1, 0.15) is 11.5 Å². The van der Waals surface area contributed by atoms with Crippen molar-refractivity contribution in [2.45, 2.75) is 16.1 Å². The number of anilines is 3. The van der Waals surface area contributed by atoms with E-state index < -0.39 is 0 Å². The van der Waals surface area contributed by atoms with E-state index in [1.807, 2.05) is 11.8 Å². The lowest BCUT2D eigenvalue weighted by Crippen LogP contribution is -2.12. The minimum Gasteiger partial charge on any atom is -0.310 e. The summed E-state index contributed by atoms with van der Waals surface area (Å²) in [6.07, 6.45) is 9.09. The highest BCUT2D eigenvalue weighted by Crippen LogP contribution is 2.52. The molecule has 3 aliphatic rings. The summed E-state index contributed by atoms with van der Waals surface area (Å²) in [4.78, 5) is 3.79. The Morgan fingerprint density at radius 1 is 0.490 bits per heavy atom. The summed E-state index contributed by atoms with van der Waals surface area (Å²) in [7, 11) is 0. The topological polar surface area (TPSA) is 8.17 Å². The quantitative estimate of drug-likeness (QED) is 0.189. The van der Waals surface area contributed by atoms with Gasteiger partial charge < -0.3 is 9.47 Å². The molecule has 0 saturated heterocycles. The predicted octanol–water partition coefficient (Wildman–Crippen LogP) is 12.7. The van der Waals surface area contributed by atoms with Gasteiger partial charge in [0, 0.05) is 49.6 Å². The van der Waals surface area contributed by atoms with Gasteiger partial charge >= 0.3 is 0 Å². The molecule has 2 heterocycles. The van der Waals surface area contributed by atoms with Gasteiger partial charge in [0.15, 0.2) is 0 Å². The monoisotopic (exact) mass is 642 g/mol. The summed E-state index contributed by atoms with van der Waals surface area (Å²) < 4.78 is 2.48. The molecule has 8 aromatic rings. The van der Waals surface area contributed by atoms with Crippen molar-refractivity contribution in [3.63, 3.8) is 0 Å². The maximum Gasteiger partial charge on any atom is 0.0548 e. The number of aromatic nitrogens is 1. The van der Waals surface area contributed by atoms with Gasteiger partial charge in [-0.25, -0.2) is 0 Å². The van der Waals surface area contributed by atoms with Gasteiger partial charge in [-0.3, -0.25) is 0 Å². The van der Waals surface area contributed by atoms with Gasteiger partial charge in [-0.1, -0.05) is 109 Å². The number of nitrogens with zero attached hydrogens (tertiary/aromatic N) is 2. The first-order valence-electron chi connectivity index (χ1n) is 17.0. The average molecular weight is 643 g/mol. The molecule has 0 saturated carbocycles. The van der Waals surface area contributed by atoms with Crippen LogP contribution in [-0.2, 0) is 0 Å². The highest BCUT2D eigenvalue weighted by Gasteiger charge is 2.32. The first-order valence-corrected chi connectivity index (χ1v) is 17.9. The lowest BCUT2D eigenvalue weighted by atomic mass is 9.92. The van der Waals surface area contributed by atoms with E-state index in [-0.39, 0.29) is 0 Å². The first-order chi connectivity index (χ1) is 24.3. The van der Waals surface area contributed by atoms with Crippen LogP contribution in [0.5, 0.6) is 0 Å². The molecule has 230 valence electrons. The van der Waals surface area contributed by atoms with E-state index in [1.165, 1.54) is 71.0 Å². The van der Waals surface area contributed by atoms with Crippen LogP contribution in [0.15, 0.2) is 175 Å². The maximum absolute atomic E-state index is 2.48. The minimum atomic E-state index is 0.407. The third-order valence-corrected chi connectivity index (χ3v) is 12.0. The van der Waals surface area contributed by atoms with Crippen molar-refractivity contribution in [1.82, 2.24) is 4.57 Å². The molecule has 0 spiro atoms. The van der Waals surface area contributed by atoms with Crippen LogP contribution in [0.4, 0.5) is 17.1 Å².